The summed E-state index contributed by atoms with van der Waals surface area (Å²) in [5.41, 5.74) is 2.02. The fourth-order valence-electron chi connectivity index (χ4n) is 2.91. The van der Waals surface area contributed by atoms with Crippen molar-refractivity contribution in [2.24, 2.45) is 0 Å². The number of benzene rings is 2. The lowest BCUT2D eigenvalue weighted by molar-refractivity contribution is 0.572. The second-order valence-electron chi connectivity index (χ2n) is 6.54. The molecule has 0 saturated heterocycles. The number of thiophene rings is 1. The molecule has 3 rings (SSSR count). The number of nitrogens with one attached hydrogen (secondary N) is 1. The van der Waals surface area contributed by atoms with Gasteiger partial charge in [0.05, 0.1) is 21.6 Å². The Morgan fingerprint density at radius 3 is 2.00 bits per heavy atom. The number of sulfone groups is 1. The molecule has 29 heavy (non-hydrogen) atoms. The first-order valence-corrected chi connectivity index (χ1v) is 13.3. The number of aryl methyl sites for hydroxylation is 1. The lowest BCUT2D eigenvalue weighted by Gasteiger charge is -2.19. The van der Waals surface area contributed by atoms with Crippen molar-refractivity contribution in [1.29, 1.82) is 0 Å². The normalized spacial score (nSPS) is 13.3. The Hall–Kier alpha value is -2.00. The summed E-state index contributed by atoms with van der Waals surface area (Å²) in [6.45, 7) is 3.62. The van der Waals surface area contributed by atoms with Gasteiger partial charge in [0, 0.05) is 4.88 Å². The Balaban J connectivity index is 1.94. The second kappa shape index (κ2) is 8.79. The maximum Gasteiger partial charge on any atom is 0.241 e. The van der Waals surface area contributed by atoms with Crippen LogP contribution in [0, 0.1) is 0 Å². The number of sulfonamides is 1. The van der Waals surface area contributed by atoms with Gasteiger partial charge >= 0.3 is 0 Å². The highest BCUT2D eigenvalue weighted by Crippen LogP contribution is 2.28. The standard InChI is InChI=1S/C21H23NO4S3/c1-3-16-7-9-17(10-8-16)21(20-6-5-15-27-20)22-29(25,26)19-13-11-18(12-14-19)28(23,24)4-2/h5-15,21-22H,3-4H2,1-2H3. The van der Waals surface area contributed by atoms with E-state index < -0.39 is 25.9 Å². The molecule has 8 heteroatoms. The molecule has 3 aromatic rings. The van der Waals surface area contributed by atoms with Gasteiger partial charge in [-0.1, -0.05) is 44.2 Å². The minimum atomic E-state index is -3.86. The molecule has 0 aliphatic rings. The highest BCUT2D eigenvalue weighted by molar-refractivity contribution is 7.91. The fraction of sp³-hybridized carbons (Fsp3) is 0.238. The molecule has 5 nitrogen and oxygen atoms in total. The van der Waals surface area contributed by atoms with Crippen molar-refractivity contribution < 1.29 is 16.8 Å². The van der Waals surface area contributed by atoms with Crippen LogP contribution in [-0.2, 0) is 26.3 Å². The predicted octanol–water partition coefficient (Wildman–Crippen LogP) is 4.17. The van der Waals surface area contributed by atoms with Crippen LogP contribution in [0.4, 0.5) is 0 Å². The molecule has 2 aromatic carbocycles. The molecule has 0 aliphatic heterocycles. The van der Waals surface area contributed by atoms with E-state index in [4.69, 9.17) is 0 Å². The topological polar surface area (TPSA) is 80.3 Å². The van der Waals surface area contributed by atoms with E-state index in [2.05, 4.69) is 11.6 Å². The van der Waals surface area contributed by atoms with Crippen LogP contribution in [0.25, 0.3) is 0 Å². The average Bonchev–Trinajstić information content (AvgIpc) is 3.27. The Bertz CT molecular complexity index is 1150. The highest BCUT2D eigenvalue weighted by Gasteiger charge is 2.24. The summed E-state index contributed by atoms with van der Waals surface area (Å²) in [7, 11) is -7.24. The smallest absolute Gasteiger partial charge is 0.224 e. The van der Waals surface area contributed by atoms with Gasteiger partial charge < -0.3 is 0 Å². The molecule has 154 valence electrons. The van der Waals surface area contributed by atoms with Gasteiger partial charge in [-0.25, -0.2) is 16.8 Å². The third-order valence-corrected chi connectivity index (χ3v) is 8.82. The number of rotatable bonds is 8. The average molecular weight is 450 g/mol. The molecule has 0 saturated carbocycles. The maximum atomic E-state index is 13.0. The monoisotopic (exact) mass is 449 g/mol. The van der Waals surface area contributed by atoms with Crippen LogP contribution in [-0.4, -0.2) is 22.6 Å². The summed E-state index contributed by atoms with van der Waals surface area (Å²) in [5.74, 6) is -0.0362. The fourth-order valence-corrected chi connectivity index (χ4v) is 5.87. The molecule has 1 aromatic heterocycles. The van der Waals surface area contributed by atoms with E-state index >= 15 is 0 Å². The van der Waals surface area contributed by atoms with Crippen LogP contribution in [0.5, 0.6) is 0 Å². The second-order valence-corrected chi connectivity index (χ2v) is 11.5. The van der Waals surface area contributed by atoms with Crippen molar-refractivity contribution >= 4 is 31.2 Å². The molecule has 0 aliphatic carbocycles. The molecule has 0 radical (unpaired) electrons. The Labute approximate surface area is 176 Å². The molecular formula is C21H23NO4S3. The highest BCUT2D eigenvalue weighted by atomic mass is 32.2. The van der Waals surface area contributed by atoms with Gasteiger partial charge in [0.25, 0.3) is 0 Å². The van der Waals surface area contributed by atoms with Crippen molar-refractivity contribution in [3.63, 3.8) is 0 Å². The van der Waals surface area contributed by atoms with Gasteiger partial charge in [0.15, 0.2) is 9.84 Å². The Morgan fingerprint density at radius 2 is 1.48 bits per heavy atom. The summed E-state index contributed by atoms with van der Waals surface area (Å²) in [4.78, 5) is 1.02. The molecule has 1 atom stereocenters. The van der Waals surface area contributed by atoms with Crippen molar-refractivity contribution in [1.82, 2.24) is 4.72 Å². The van der Waals surface area contributed by atoms with E-state index in [0.29, 0.717) is 0 Å². The number of hydrogen-bond acceptors (Lipinski definition) is 5. The zero-order valence-corrected chi connectivity index (χ0v) is 18.6. The number of hydrogen-bond donors (Lipinski definition) is 1. The molecule has 0 amide bonds. The molecule has 0 fully saturated rings. The van der Waals surface area contributed by atoms with E-state index in [-0.39, 0.29) is 15.5 Å². The minimum Gasteiger partial charge on any atom is -0.224 e. The quantitative estimate of drug-likeness (QED) is 0.560. The van der Waals surface area contributed by atoms with Crippen LogP contribution in [0.2, 0.25) is 0 Å². The molecular weight excluding hydrogens is 426 g/mol. The van der Waals surface area contributed by atoms with E-state index in [1.54, 1.807) is 6.92 Å². The van der Waals surface area contributed by atoms with Gasteiger partial charge in [0.2, 0.25) is 10.0 Å². The lowest BCUT2D eigenvalue weighted by atomic mass is 10.0. The summed E-state index contributed by atoms with van der Waals surface area (Å²) >= 11 is 1.47. The van der Waals surface area contributed by atoms with Crippen molar-refractivity contribution in [3.05, 3.63) is 82.0 Å². The zero-order chi connectivity index (χ0) is 21.1. The van der Waals surface area contributed by atoms with Gasteiger partial charge in [-0.3, -0.25) is 0 Å². The predicted molar refractivity (Wildman–Crippen MR) is 116 cm³/mol. The molecule has 0 spiro atoms. The van der Waals surface area contributed by atoms with Crippen LogP contribution in [0.3, 0.4) is 0 Å². The van der Waals surface area contributed by atoms with Crippen molar-refractivity contribution in [2.75, 3.05) is 5.75 Å². The summed E-state index contributed by atoms with van der Waals surface area (Å²) in [6, 6.07) is 16.4. The largest absolute Gasteiger partial charge is 0.241 e. The SMILES string of the molecule is CCc1ccc(C(NS(=O)(=O)c2ccc(S(=O)(=O)CC)cc2)c2cccs2)cc1. The van der Waals surface area contributed by atoms with Crippen molar-refractivity contribution in [2.45, 2.75) is 36.1 Å². The molecule has 1 N–H and O–H groups in total. The minimum absolute atomic E-state index is 0.0271. The Kier molecular flexibility index (Phi) is 6.58. The molecule has 1 unspecified atom stereocenters. The summed E-state index contributed by atoms with van der Waals surface area (Å²) in [6.07, 6.45) is 0.905. The maximum absolute atomic E-state index is 13.0. The zero-order valence-electron chi connectivity index (χ0n) is 16.2. The van der Waals surface area contributed by atoms with Gasteiger partial charge in [-0.05, 0) is 53.3 Å². The van der Waals surface area contributed by atoms with E-state index in [9.17, 15) is 16.8 Å². The molecule has 0 bridgehead atoms. The van der Waals surface area contributed by atoms with Crippen LogP contribution in [0.15, 0.2) is 75.8 Å². The lowest BCUT2D eigenvalue weighted by Crippen LogP contribution is -2.29. The first-order chi connectivity index (χ1) is 13.8. The van der Waals surface area contributed by atoms with E-state index in [0.717, 1.165) is 16.9 Å². The van der Waals surface area contributed by atoms with Gasteiger partial charge in [-0.2, -0.15) is 4.72 Å². The van der Waals surface area contributed by atoms with Crippen LogP contribution < -0.4 is 4.72 Å². The van der Waals surface area contributed by atoms with E-state index in [1.165, 1.54) is 41.2 Å². The van der Waals surface area contributed by atoms with Gasteiger partial charge in [0.1, 0.15) is 0 Å². The third-order valence-electron chi connectivity index (χ3n) is 4.70. The Morgan fingerprint density at radius 1 is 0.862 bits per heavy atom. The van der Waals surface area contributed by atoms with Crippen LogP contribution in [0.1, 0.15) is 35.9 Å². The molecule has 1 heterocycles. The van der Waals surface area contributed by atoms with E-state index in [1.807, 2.05) is 41.8 Å². The third kappa shape index (κ3) is 4.95. The van der Waals surface area contributed by atoms with Crippen LogP contribution >= 0.6 is 11.3 Å². The first kappa shape index (κ1) is 21.7. The summed E-state index contributed by atoms with van der Waals surface area (Å²) in [5, 5.41) is 1.90. The van der Waals surface area contributed by atoms with Crippen molar-refractivity contribution in [3.8, 4) is 0 Å². The summed E-state index contributed by atoms with van der Waals surface area (Å²) < 4.78 is 52.7. The first-order valence-electron chi connectivity index (χ1n) is 9.24. The van der Waals surface area contributed by atoms with Gasteiger partial charge in [-0.15, -0.1) is 11.3 Å².